The summed E-state index contributed by atoms with van der Waals surface area (Å²) in [5, 5.41) is 5.95. The lowest BCUT2D eigenvalue weighted by Crippen LogP contribution is -2.48. The fraction of sp³-hybridized carbons (Fsp3) is 0.571. The van der Waals surface area contributed by atoms with E-state index in [4.69, 9.17) is 0 Å². The third-order valence-corrected chi connectivity index (χ3v) is 5.45. The van der Waals surface area contributed by atoms with E-state index in [9.17, 15) is 9.59 Å². The largest absolute Gasteiger partial charge is 0.332 e. The van der Waals surface area contributed by atoms with Crippen LogP contribution in [0.5, 0.6) is 0 Å². The zero-order valence-corrected chi connectivity index (χ0v) is 16.5. The van der Waals surface area contributed by atoms with E-state index in [-0.39, 0.29) is 17.9 Å². The lowest BCUT2D eigenvalue weighted by molar-refractivity contribution is -0.127. The Bertz CT molecular complexity index is 750. The van der Waals surface area contributed by atoms with Gasteiger partial charge in [-0.05, 0) is 56.7 Å². The molecule has 3 rings (SSSR count). The van der Waals surface area contributed by atoms with E-state index in [1.54, 1.807) is 0 Å². The van der Waals surface area contributed by atoms with Crippen LogP contribution in [0.3, 0.4) is 0 Å². The third kappa shape index (κ3) is 3.67. The molecule has 140 valence electrons. The molecule has 1 aliphatic heterocycles. The van der Waals surface area contributed by atoms with Crippen LogP contribution in [-0.2, 0) is 9.59 Å². The minimum absolute atomic E-state index is 0.00324. The van der Waals surface area contributed by atoms with Crippen LogP contribution >= 0.6 is 0 Å². The molecule has 1 atom stereocenters. The lowest BCUT2D eigenvalue weighted by Gasteiger charge is -2.34. The number of nitrogens with zero attached hydrogens (tertiary/aromatic N) is 3. The Morgan fingerprint density at radius 2 is 1.88 bits per heavy atom. The highest BCUT2D eigenvalue weighted by Crippen LogP contribution is 2.32. The fourth-order valence-corrected chi connectivity index (χ4v) is 3.35. The number of anilines is 1. The van der Waals surface area contributed by atoms with Gasteiger partial charge in [0.25, 0.3) is 5.91 Å². The van der Waals surface area contributed by atoms with Crippen LogP contribution in [0.2, 0.25) is 0 Å². The molecule has 0 bridgehead atoms. The number of rotatable bonds is 5. The van der Waals surface area contributed by atoms with E-state index < -0.39 is 0 Å². The fourth-order valence-electron chi connectivity index (χ4n) is 3.35. The summed E-state index contributed by atoms with van der Waals surface area (Å²) in [6.45, 7) is 10.3. The highest BCUT2D eigenvalue weighted by atomic mass is 16.2. The maximum atomic E-state index is 13.2. The molecule has 1 heterocycles. The van der Waals surface area contributed by atoms with Gasteiger partial charge in [0.2, 0.25) is 5.91 Å². The molecule has 1 fully saturated rings. The molecule has 2 aliphatic rings. The highest BCUT2D eigenvalue weighted by Gasteiger charge is 2.39. The first-order chi connectivity index (χ1) is 12.3. The maximum Gasteiger partial charge on any atom is 0.270 e. The molecular weight excluding hydrogens is 326 g/mol. The summed E-state index contributed by atoms with van der Waals surface area (Å²) >= 11 is 0. The maximum absolute atomic E-state index is 13.2. The SMILES string of the molecule is Cc1ccc(C)c(N2N=C(C(=O)N(C3CC3)C(C)C(C)C)CCC2=O)c1. The topological polar surface area (TPSA) is 53.0 Å². The average Bonchev–Trinajstić information content (AvgIpc) is 3.42. The Kier molecular flexibility index (Phi) is 5.17. The molecule has 0 radical (unpaired) electrons. The molecule has 1 aromatic rings. The summed E-state index contributed by atoms with van der Waals surface area (Å²) in [6, 6.07) is 6.46. The summed E-state index contributed by atoms with van der Waals surface area (Å²) < 4.78 is 0. The van der Waals surface area contributed by atoms with Crippen molar-refractivity contribution in [3.8, 4) is 0 Å². The van der Waals surface area contributed by atoms with Crippen molar-refractivity contribution >= 4 is 23.2 Å². The number of hydrogen-bond donors (Lipinski definition) is 0. The summed E-state index contributed by atoms with van der Waals surface area (Å²) in [4.78, 5) is 27.7. The molecular formula is C21H29N3O2. The van der Waals surface area contributed by atoms with Crippen molar-refractivity contribution < 1.29 is 9.59 Å². The smallest absolute Gasteiger partial charge is 0.270 e. The first kappa shape index (κ1) is 18.6. The summed E-state index contributed by atoms with van der Waals surface area (Å²) in [5.74, 6) is 0.335. The second kappa shape index (κ2) is 7.22. The zero-order chi connectivity index (χ0) is 19.0. The molecule has 0 spiro atoms. The number of hydrogen-bond acceptors (Lipinski definition) is 3. The van der Waals surface area contributed by atoms with Crippen LogP contribution in [-0.4, -0.2) is 34.5 Å². The Hall–Kier alpha value is -2.17. The van der Waals surface area contributed by atoms with E-state index >= 15 is 0 Å². The molecule has 2 amide bonds. The predicted octanol–water partition coefficient (Wildman–Crippen LogP) is 3.82. The Labute approximate surface area is 156 Å². The van der Waals surface area contributed by atoms with Gasteiger partial charge in [-0.1, -0.05) is 26.0 Å². The lowest BCUT2D eigenvalue weighted by atomic mass is 10.0. The van der Waals surface area contributed by atoms with E-state index in [0.717, 1.165) is 29.7 Å². The van der Waals surface area contributed by atoms with Crippen LogP contribution < -0.4 is 5.01 Å². The van der Waals surface area contributed by atoms with Gasteiger partial charge in [-0.3, -0.25) is 9.59 Å². The molecule has 1 aliphatic carbocycles. The monoisotopic (exact) mass is 355 g/mol. The van der Waals surface area contributed by atoms with Crippen LogP contribution in [0.1, 0.15) is 57.6 Å². The van der Waals surface area contributed by atoms with Crippen LogP contribution in [0.15, 0.2) is 23.3 Å². The molecule has 26 heavy (non-hydrogen) atoms. The minimum Gasteiger partial charge on any atom is -0.332 e. The van der Waals surface area contributed by atoms with Gasteiger partial charge < -0.3 is 4.90 Å². The normalized spacial score (nSPS) is 18.8. The van der Waals surface area contributed by atoms with Gasteiger partial charge in [-0.2, -0.15) is 5.10 Å². The first-order valence-corrected chi connectivity index (χ1v) is 9.60. The first-order valence-electron chi connectivity index (χ1n) is 9.60. The van der Waals surface area contributed by atoms with Crippen molar-refractivity contribution in [1.29, 1.82) is 0 Å². The minimum atomic E-state index is -0.0508. The van der Waals surface area contributed by atoms with Gasteiger partial charge in [0.15, 0.2) is 0 Å². The van der Waals surface area contributed by atoms with Crippen molar-refractivity contribution in [2.45, 2.75) is 72.4 Å². The van der Waals surface area contributed by atoms with Gasteiger partial charge >= 0.3 is 0 Å². The van der Waals surface area contributed by atoms with Gasteiger partial charge in [-0.25, -0.2) is 5.01 Å². The van der Waals surface area contributed by atoms with Gasteiger partial charge in [0.1, 0.15) is 5.71 Å². The number of hydrazone groups is 1. The molecule has 1 saturated carbocycles. The summed E-state index contributed by atoms with van der Waals surface area (Å²) in [6.07, 6.45) is 2.88. The van der Waals surface area contributed by atoms with E-state index in [1.807, 2.05) is 36.9 Å². The number of carbonyl (C=O) groups excluding carboxylic acids is 2. The second-order valence-electron chi connectivity index (χ2n) is 7.97. The van der Waals surface area contributed by atoms with Crippen molar-refractivity contribution in [3.05, 3.63) is 29.3 Å². The van der Waals surface area contributed by atoms with Crippen molar-refractivity contribution in [2.24, 2.45) is 11.0 Å². The molecule has 1 aromatic carbocycles. The van der Waals surface area contributed by atoms with Crippen LogP contribution in [0.4, 0.5) is 5.69 Å². The van der Waals surface area contributed by atoms with Crippen LogP contribution in [0, 0.1) is 19.8 Å². The van der Waals surface area contributed by atoms with Gasteiger partial charge in [0.05, 0.1) is 5.69 Å². The summed E-state index contributed by atoms with van der Waals surface area (Å²) in [7, 11) is 0. The van der Waals surface area contributed by atoms with E-state index in [0.29, 0.717) is 30.5 Å². The Morgan fingerprint density at radius 3 is 2.50 bits per heavy atom. The Balaban J connectivity index is 1.92. The summed E-state index contributed by atoms with van der Waals surface area (Å²) in [5.41, 5.74) is 3.33. The number of amides is 2. The van der Waals surface area contributed by atoms with Gasteiger partial charge in [-0.15, -0.1) is 0 Å². The van der Waals surface area contributed by atoms with Crippen molar-refractivity contribution in [3.63, 3.8) is 0 Å². The molecule has 0 N–H and O–H groups in total. The molecule has 0 aromatic heterocycles. The van der Waals surface area contributed by atoms with Crippen molar-refractivity contribution in [1.82, 2.24) is 4.90 Å². The molecule has 1 unspecified atom stereocenters. The second-order valence-corrected chi connectivity index (χ2v) is 7.97. The van der Waals surface area contributed by atoms with E-state index in [2.05, 4.69) is 25.9 Å². The zero-order valence-electron chi connectivity index (χ0n) is 16.5. The third-order valence-electron chi connectivity index (χ3n) is 5.45. The highest BCUT2D eigenvalue weighted by molar-refractivity contribution is 6.40. The Morgan fingerprint density at radius 1 is 1.19 bits per heavy atom. The molecule has 5 heteroatoms. The van der Waals surface area contributed by atoms with Crippen LogP contribution in [0.25, 0.3) is 0 Å². The molecule has 5 nitrogen and oxygen atoms in total. The number of benzene rings is 1. The number of carbonyl (C=O) groups is 2. The van der Waals surface area contributed by atoms with Gasteiger partial charge in [0, 0.05) is 24.9 Å². The van der Waals surface area contributed by atoms with Crippen molar-refractivity contribution in [2.75, 3.05) is 5.01 Å². The molecule has 0 saturated heterocycles. The average molecular weight is 355 g/mol. The number of aryl methyl sites for hydroxylation is 2. The standard InChI is InChI=1S/C21H29N3O2/c1-13(2)16(5)23(17-8-9-17)21(26)18-10-11-20(25)24(22-18)19-12-14(3)6-7-15(19)4/h6-7,12-13,16-17H,8-11H2,1-5H3. The van der Waals surface area contributed by atoms with E-state index in [1.165, 1.54) is 5.01 Å². The quantitative estimate of drug-likeness (QED) is 0.806. The predicted molar refractivity (Wildman–Crippen MR) is 104 cm³/mol.